The van der Waals surface area contributed by atoms with Gasteiger partial charge in [-0.05, 0) is 68.2 Å². The first-order valence-electron chi connectivity index (χ1n) is 18.6. The summed E-state index contributed by atoms with van der Waals surface area (Å²) in [5, 5.41) is 10.5. The number of nitrogens with zero attached hydrogens (tertiary/aromatic N) is 2. The number of carbonyl (C=O) groups excluding carboxylic acids is 2. The lowest BCUT2D eigenvalue weighted by Gasteiger charge is -2.35. The van der Waals surface area contributed by atoms with E-state index in [-0.39, 0.29) is 48.4 Å². The van der Waals surface area contributed by atoms with Crippen LogP contribution in [0.5, 0.6) is 0 Å². The summed E-state index contributed by atoms with van der Waals surface area (Å²) in [6.07, 6.45) is 13.3. The first kappa shape index (κ1) is 41.8. The molecule has 0 aliphatic carbocycles. The van der Waals surface area contributed by atoms with Crippen molar-refractivity contribution in [2.24, 2.45) is 17.4 Å². The molecule has 0 radical (unpaired) electrons. The summed E-state index contributed by atoms with van der Waals surface area (Å²) in [5.74, 6) is 0.549. The smallest absolute Gasteiger partial charge is 0.244 e. The maximum absolute atomic E-state index is 13.8. The molecule has 3 atom stereocenters. The molecule has 278 valence electrons. The zero-order valence-electron chi connectivity index (χ0n) is 30.6. The minimum atomic E-state index is -0.262. The number of rotatable bonds is 20. The molecule has 0 spiro atoms. The second-order valence-electron chi connectivity index (χ2n) is 14.2. The van der Waals surface area contributed by atoms with Crippen LogP contribution in [-0.4, -0.2) is 73.6 Å². The molecule has 2 aromatic carbocycles. The fourth-order valence-electron chi connectivity index (χ4n) is 6.57. The molecule has 2 amide bonds. The maximum Gasteiger partial charge on any atom is 0.244 e. The molecule has 1 aliphatic heterocycles. The van der Waals surface area contributed by atoms with Gasteiger partial charge >= 0.3 is 0 Å². The molecule has 9 nitrogen and oxygen atoms in total. The summed E-state index contributed by atoms with van der Waals surface area (Å²) in [6, 6.07) is 24.7. The van der Waals surface area contributed by atoms with Crippen LogP contribution in [0.3, 0.4) is 0 Å². The third-order valence-electron chi connectivity index (χ3n) is 9.33. The molecule has 0 bridgehead atoms. The fraction of sp³-hybridized carbons (Fsp3) is 0.488. The minimum absolute atomic E-state index is 0. The van der Waals surface area contributed by atoms with E-state index in [9.17, 15) is 9.59 Å². The van der Waals surface area contributed by atoms with Crippen LogP contribution < -0.4 is 32.0 Å². The van der Waals surface area contributed by atoms with Crippen LogP contribution in [0.4, 0.5) is 0 Å². The van der Waals surface area contributed by atoms with Crippen LogP contribution in [0.2, 0.25) is 0 Å². The summed E-state index contributed by atoms with van der Waals surface area (Å²) in [4.78, 5) is 28.5. The molecule has 2 heterocycles. The van der Waals surface area contributed by atoms with Gasteiger partial charge in [-0.25, -0.2) is 4.57 Å². The van der Waals surface area contributed by atoms with Crippen molar-refractivity contribution >= 4 is 30.3 Å². The highest BCUT2D eigenvalue weighted by Gasteiger charge is 2.29. The Kier molecular flexibility index (Phi) is 18.9. The number of nitrogens with one attached hydrogen (secondary N) is 3. The predicted octanol–water partition coefficient (Wildman–Crippen LogP) is 4.23. The van der Waals surface area contributed by atoms with Crippen LogP contribution in [0, 0.1) is 5.92 Å². The zero-order chi connectivity index (χ0) is 35.6. The zero-order valence-corrected chi connectivity index (χ0v) is 31.4. The van der Waals surface area contributed by atoms with Gasteiger partial charge in [-0.1, -0.05) is 80.9 Å². The molecule has 1 saturated heterocycles. The molecule has 10 heteroatoms. The van der Waals surface area contributed by atoms with Crippen molar-refractivity contribution in [3.8, 4) is 0 Å². The van der Waals surface area contributed by atoms with E-state index in [2.05, 4.69) is 58.6 Å². The molecule has 0 saturated carbocycles. The van der Waals surface area contributed by atoms with E-state index in [4.69, 9.17) is 11.5 Å². The van der Waals surface area contributed by atoms with E-state index >= 15 is 0 Å². The molecular formula is C41H61ClN7O2+. The first-order chi connectivity index (χ1) is 24.3. The number of hydrogen-bond donors (Lipinski definition) is 5. The number of unbranched alkanes of at least 4 members (excludes halogenated alkanes) is 1. The Balaban J connectivity index is 0.00000702. The number of aromatic nitrogens is 1. The van der Waals surface area contributed by atoms with Crippen molar-refractivity contribution in [2.45, 2.75) is 89.5 Å². The lowest BCUT2D eigenvalue weighted by molar-refractivity contribution is -0.688. The number of benzene rings is 2. The minimum Gasteiger partial charge on any atom is -0.350 e. The monoisotopic (exact) mass is 718 g/mol. The van der Waals surface area contributed by atoms with E-state index < -0.39 is 0 Å². The van der Waals surface area contributed by atoms with Gasteiger partial charge in [-0.15, -0.1) is 12.4 Å². The first-order valence-corrected chi connectivity index (χ1v) is 18.6. The SMILES string of the molecule is CC(C)CC(CNC(CCCCN)C(=O)N1CCC(NC(=O)/C=C/c2cc[n+](Cc3ccccc3)cc2)CC1)NCC(N)Cc1ccccc1.Cl. The number of halogens is 1. The number of carbonyl (C=O) groups is 2. The summed E-state index contributed by atoms with van der Waals surface area (Å²) >= 11 is 0. The van der Waals surface area contributed by atoms with Crippen molar-refractivity contribution in [3.63, 3.8) is 0 Å². The third-order valence-corrected chi connectivity index (χ3v) is 9.33. The quantitative estimate of drug-likeness (QED) is 0.0676. The molecule has 1 aromatic heterocycles. The van der Waals surface area contributed by atoms with Gasteiger partial charge in [-0.2, -0.15) is 0 Å². The van der Waals surface area contributed by atoms with E-state index in [0.29, 0.717) is 38.6 Å². The maximum atomic E-state index is 13.8. The van der Waals surface area contributed by atoms with Crippen LogP contribution in [0.15, 0.2) is 91.3 Å². The summed E-state index contributed by atoms with van der Waals surface area (Å²) in [5.41, 5.74) is 15.7. The average Bonchev–Trinajstić information content (AvgIpc) is 3.12. The number of hydrogen-bond acceptors (Lipinski definition) is 6. The Morgan fingerprint density at radius 3 is 2.18 bits per heavy atom. The number of likely N-dealkylation sites (tertiary alicyclic amines) is 1. The van der Waals surface area contributed by atoms with Gasteiger partial charge in [0, 0.05) is 68.1 Å². The molecule has 7 N–H and O–H groups in total. The summed E-state index contributed by atoms with van der Waals surface area (Å²) in [6.45, 7) is 8.55. The molecule has 3 unspecified atom stereocenters. The van der Waals surface area contributed by atoms with Crippen LogP contribution in [0.1, 0.15) is 69.1 Å². The van der Waals surface area contributed by atoms with Gasteiger partial charge in [-0.3, -0.25) is 9.59 Å². The summed E-state index contributed by atoms with van der Waals surface area (Å²) < 4.78 is 2.12. The Morgan fingerprint density at radius 2 is 1.55 bits per heavy atom. The van der Waals surface area contributed by atoms with Crippen LogP contribution >= 0.6 is 12.4 Å². The van der Waals surface area contributed by atoms with Gasteiger partial charge < -0.3 is 32.3 Å². The Hall–Kier alpha value is -3.60. The third kappa shape index (κ3) is 15.7. The molecular weight excluding hydrogens is 658 g/mol. The second-order valence-corrected chi connectivity index (χ2v) is 14.2. The van der Waals surface area contributed by atoms with E-state index in [1.807, 2.05) is 71.9 Å². The molecule has 4 rings (SSSR count). The van der Waals surface area contributed by atoms with Crippen molar-refractivity contribution in [3.05, 3.63) is 108 Å². The lowest BCUT2D eigenvalue weighted by Crippen LogP contribution is -2.54. The van der Waals surface area contributed by atoms with E-state index in [1.165, 1.54) is 11.1 Å². The number of nitrogens with two attached hydrogens (primary N) is 2. The topological polar surface area (TPSA) is 129 Å². The molecule has 51 heavy (non-hydrogen) atoms. The van der Waals surface area contributed by atoms with Gasteiger partial charge in [0.15, 0.2) is 18.9 Å². The van der Waals surface area contributed by atoms with Crippen molar-refractivity contribution in [1.29, 1.82) is 0 Å². The molecule has 3 aromatic rings. The normalized spacial score (nSPS) is 15.4. The highest BCUT2D eigenvalue weighted by Crippen LogP contribution is 2.15. The lowest BCUT2D eigenvalue weighted by atomic mass is 10.00. The fourth-order valence-corrected chi connectivity index (χ4v) is 6.57. The summed E-state index contributed by atoms with van der Waals surface area (Å²) in [7, 11) is 0. The van der Waals surface area contributed by atoms with E-state index in [1.54, 1.807) is 6.08 Å². The molecule has 1 aliphatic rings. The number of pyridine rings is 1. The van der Waals surface area contributed by atoms with Crippen LogP contribution in [0.25, 0.3) is 6.08 Å². The highest BCUT2D eigenvalue weighted by molar-refractivity contribution is 5.91. The van der Waals surface area contributed by atoms with Gasteiger partial charge in [0.25, 0.3) is 0 Å². The van der Waals surface area contributed by atoms with Gasteiger partial charge in [0.1, 0.15) is 0 Å². The second kappa shape index (κ2) is 23.1. The number of piperidine rings is 1. The van der Waals surface area contributed by atoms with Crippen molar-refractivity contribution in [1.82, 2.24) is 20.9 Å². The van der Waals surface area contributed by atoms with Gasteiger partial charge in [0.2, 0.25) is 11.8 Å². The van der Waals surface area contributed by atoms with Crippen LogP contribution in [-0.2, 0) is 22.6 Å². The van der Waals surface area contributed by atoms with Crippen molar-refractivity contribution in [2.75, 3.05) is 32.7 Å². The molecule has 1 fully saturated rings. The predicted molar refractivity (Wildman–Crippen MR) is 210 cm³/mol. The van der Waals surface area contributed by atoms with Crippen molar-refractivity contribution < 1.29 is 14.2 Å². The Morgan fingerprint density at radius 1 is 0.902 bits per heavy atom. The Bertz CT molecular complexity index is 1430. The standard InChI is InChI=1S/C41H59N7O2.ClH/c1-32(2)27-38(44-29-36(43)28-34-11-5-3-6-12-34)30-45-39(15-9-10-22-42)41(50)48-25-20-37(21-26-48)46-40(49)17-16-33-18-23-47(24-19-33)31-35-13-7-4-8-14-35;/h3-8,11-14,16-19,23-24,32,36-39,44-45H,9-10,15,20-22,25-31,42-43H2,1-2H3;1H/p+1/b17-16+;. The Labute approximate surface area is 312 Å². The largest absolute Gasteiger partial charge is 0.350 e. The number of amides is 2. The highest BCUT2D eigenvalue weighted by atomic mass is 35.5. The van der Waals surface area contributed by atoms with E-state index in [0.717, 1.165) is 57.1 Å². The average molecular weight is 719 g/mol. The van der Waals surface area contributed by atoms with Gasteiger partial charge in [0.05, 0.1) is 6.04 Å².